The van der Waals surface area contributed by atoms with Gasteiger partial charge >= 0.3 is 5.69 Å². The SMILES string of the molecule is Nc1cccc(NCCCCO)c1[N+](=O)[O-]. The number of rotatable bonds is 6. The van der Waals surface area contributed by atoms with Crippen LogP contribution >= 0.6 is 0 Å². The summed E-state index contributed by atoms with van der Waals surface area (Å²) in [5.41, 5.74) is 6.01. The second kappa shape index (κ2) is 5.92. The number of benzene rings is 1. The van der Waals surface area contributed by atoms with Crippen LogP contribution in [0.3, 0.4) is 0 Å². The molecule has 6 nitrogen and oxygen atoms in total. The van der Waals surface area contributed by atoms with Crippen LogP contribution in [0.15, 0.2) is 18.2 Å². The summed E-state index contributed by atoms with van der Waals surface area (Å²) < 4.78 is 0. The first kappa shape index (κ1) is 12.3. The number of hydrogen-bond acceptors (Lipinski definition) is 5. The fraction of sp³-hybridized carbons (Fsp3) is 0.400. The number of nitrogens with zero attached hydrogens (tertiary/aromatic N) is 1. The molecule has 6 heteroatoms. The predicted molar refractivity (Wildman–Crippen MR) is 62.3 cm³/mol. The molecule has 88 valence electrons. The van der Waals surface area contributed by atoms with E-state index in [4.69, 9.17) is 10.8 Å². The van der Waals surface area contributed by atoms with Gasteiger partial charge in [0.25, 0.3) is 0 Å². The molecule has 0 radical (unpaired) electrons. The van der Waals surface area contributed by atoms with E-state index in [1.165, 1.54) is 6.07 Å². The summed E-state index contributed by atoms with van der Waals surface area (Å²) in [5.74, 6) is 0. The van der Waals surface area contributed by atoms with Gasteiger partial charge in [0.2, 0.25) is 0 Å². The van der Waals surface area contributed by atoms with Crippen molar-refractivity contribution in [3.05, 3.63) is 28.3 Å². The maximum atomic E-state index is 10.8. The Hall–Kier alpha value is -1.82. The van der Waals surface area contributed by atoms with Crippen molar-refractivity contribution < 1.29 is 10.0 Å². The lowest BCUT2D eigenvalue weighted by atomic mass is 10.2. The highest BCUT2D eigenvalue weighted by Gasteiger charge is 2.16. The molecular weight excluding hydrogens is 210 g/mol. The van der Waals surface area contributed by atoms with Gasteiger partial charge in [-0.1, -0.05) is 6.07 Å². The molecule has 1 aromatic rings. The highest BCUT2D eigenvalue weighted by molar-refractivity contribution is 5.74. The summed E-state index contributed by atoms with van der Waals surface area (Å²) in [4.78, 5) is 10.3. The first-order valence-corrected chi connectivity index (χ1v) is 5.04. The van der Waals surface area contributed by atoms with Crippen molar-refractivity contribution in [3.63, 3.8) is 0 Å². The highest BCUT2D eigenvalue weighted by atomic mass is 16.6. The Morgan fingerprint density at radius 3 is 2.81 bits per heavy atom. The third kappa shape index (κ3) is 3.09. The molecule has 1 aromatic carbocycles. The number of hydrogen-bond donors (Lipinski definition) is 3. The second-order valence-electron chi connectivity index (χ2n) is 3.36. The smallest absolute Gasteiger partial charge is 0.314 e. The van der Waals surface area contributed by atoms with Gasteiger partial charge in [-0.25, -0.2) is 0 Å². The van der Waals surface area contributed by atoms with Gasteiger partial charge in [-0.3, -0.25) is 10.1 Å². The van der Waals surface area contributed by atoms with Crippen molar-refractivity contribution in [3.8, 4) is 0 Å². The molecule has 0 amide bonds. The van der Waals surface area contributed by atoms with Crippen molar-refractivity contribution >= 4 is 17.1 Å². The first-order valence-electron chi connectivity index (χ1n) is 5.04. The fourth-order valence-electron chi connectivity index (χ4n) is 1.37. The largest absolute Gasteiger partial charge is 0.396 e. The average molecular weight is 225 g/mol. The normalized spacial score (nSPS) is 10.1. The number of nitrogens with two attached hydrogens (primary N) is 1. The number of aliphatic hydroxyl groups is 1. The molecule has 16 heavy (non-hydrogen) atoms. The molecule has 0 atom stereocenters. The number of nitro benzene ring substituents is 1. The van der Waals surface area contributed by atoms with Crippen LogP contribution in [0.1, 0.15) is 12.8 Å². The predicted octanol–water partition coefficient (Wildman–Crippen LogP) is 1.36. The minimum Gasteiger partial charge on any atom is -0.396 e. The fourth-order valence-corrected chi connectivity index (χ4v) is 1.37. The molecule has 0 aliphatic rings. The van der Waals surface area contributed by atoms with E-state index in [0.29, 0.717) is 18.7 Å². The summed E-state index contributed by atoms with van der Waals surface area (Å²) >= 11 is 0. The summed E-state index contributed by atoms with van der Waals surface area (Å²) in [6.07, 6.45) is 1.42. The number of anilines is 2. The Morgan fingerprint density at radius 1 is 1.44 bits per heavy atom. The summed E-state index contributed by atoms with van der Waals surface area (Å²) in [6.45, 7) is 0.700. The lowest BCUT2D eigenvalue weighted by Crippen LogP contribution is -2.06. The third-order valence-corrected chi connectivity index (χ3v) is 2.15. The standard InChI is InChI=1S/C10H15N3O3/c11-8-4-3-5-9(10(8)13(15)16)12-6-1-2-7-14/h3-5,12,14H,1-2,6-7,11H2. The van der Waals surface area contributed by atoms with E-state index in [9.17, 15) is 10.1 Å². The zero-order valence-electron chi connectivity index (χ0n) is 8.85. The molecule has 4 N–H and O–H groups in total. The minimum atomic E-state index is -0.496. The maximum absolute atomic E-state index is 10.8. The molecule has 0 aromatic heterocycles. The molecule has 0 saturated heterocycles. The van der Waals surface area contributed by atoms with Crippen LogP contribution in [0.5, 0.6) is 0 Å². The van der Waals surface area contributed by atoms with Gasteiger partial charge in [0.15, 0.2) is 0 Å². The Kier molecular flexibility index (Phi) is 4.53. The average Bonchev–Trinajstić information content (AvgIpc) is 2.24. The van der Waals surface area contributed by atoms with Gasteiger partial charge in [0.1, 0.15) is 11.4 Å². The molecule has 1 rings (SSSR count). The van der Waals surface area contributed by atoms with E-state index in [-0.39, 0.29) is 18.0 Å². The Balaban J connectivity index is 2.71. The van der Waals surface area contributed by atoms with Crippen LogP contribution < -0.4 is 11.1 Å². The van der Waals surface area contributed by atoms with Crippen LogP contribution in [0.2, 0.25) is 0 Å². The number of nitro groups is 1. The summed E-state index contributed by atoms with van der Waals surface area (Å²) in [6, 6.07) is 4.78. The molecule has 0 saturated carbocycles. The monoisotopic (exact) mass is 225 g/mol. The van der Waals surface area contributed by atoms with Crippen molar-refractivity contribution in [1.82, 2.24) is 0 Å². The van der Waals surface area contributed by atoms with Crippen molar-refractivity contribution in [2.24, 2.45) is 0 Å². The van der Waals surface area contributed by atoms with Gasteiger partial charge in [-0.2, -0.15) is 0 Å². The zero-order valence-corrected chi connectivity index (χ0v) is 8.85. The number of nitrogens with one attached hydrogen (secondary N) is 1. The number of unbranched alkanes of at least 4 members (excludes halogenated alkanes) is 1. The summed E-state index contributed by atoms with van der Waals surface area (Å²) in [5, 5.41) is 22.3. The molecule has 0 aliphatic carbocycles. The maximum Gasteiger partial charge on any atom is 0.314 e. The zero-order chi connectivity index (χ0) is 12.0. The number of nitrogen functional groups attached to an aromatic ring is 1. The van der Waals surface area contributed by atoms with E-state index in [0.717, 1.165) is 6.42 Å². The Labute approximate surface area is 93.2 Å². The van der Waals surface area contributed by atoms with Gasteiger partial charge in [-0.05, 0) is 25.0 Å². The molecule has 0 fully saturated rings. The molecule has 0 aliphatic heterocycles. The van der Waals surface area contributed by atoms with Crippen LogP contribution in [0.4, 0.5) is 17.1 Å². The van der Waals surface area contributed by atoms with Crippen LogP contribution in [0, 0.1) is 10.1 Å². The van der Waals surface area contributed by atoms with E-state index >= 15 is 0 Å². The van der Waals surface area contributed by atoms with Crippen molar-refractivity contribution in [2.75, 3.05) is 24.2 Å². The van der Waals surface area contributed by atoms with Gasteiger partial charge in [0.05, 0.1) is 4.92 Å². The molecule has 0 bridgehead atoms. The van der Waals surface area contributed by atoms with E-state index in [2.05, 4.69) is 5.32 Å². The van der Waals surface area contributed by atoms with Gasteiger partial charge < -0.3 is 16.2 Å². The van der Waals surface area contributed by atoms with Crippen LogP contribution in [0.25, 0.3) is 0 Å². The van der Waals surface area contributed by atoms with E-state index in [1.807, 2.05) is 0 Å². The third-order valence-electron chi connectivity index (χ3n) is 2.15. The van der Waals surface area contributed by atoms with Gasteiger partial charge in [0, 0.05) is 13.2 Å². The lowest BCUT2D eigenvalue weighted by Gasteiger charge is -2.07. The molecule has 0 heterocycles. The topological polar surface area (TPSA) is 101 Å². The molecule has 0 unspecified atom stereocenters. The minimum absolute atomic E-state index is 0.0912. The van der Waals surface area contributed by atoms with Crippen molar-refractivity contribution in [1.29, 1.82) is 0 Å². The quantitative estimate of drug-likeness (QED) is 0.293. The Bertz CT molecular complexity index is 368. The highest BCUT2D eigenvalue weighted by Crippen LogP contribution is 2.30. The Morgan fingerprint density at radius 2 is 2.19 bits per heavy atom. The van der Waals surface area contributed by atoms with E-state index < -0.39 is 4.92 Å². The van der Waals surface area contributed by atoms with Crippen LogP contribution in [-0.2, 0) is 0 Å². The first-order chi connectivity index (χ1) is 7.66. The second-order valence-corrected chi connectivity index (χ2v) is 3.36. The molecule has 0 spiro atoms. The molecular formula is C10H15N3O3. The summed E-state index contributed by atoms with van der Waals surface area (Å²) in [7, 11) is 0. The van der Waals surface area contributed by atoms with Gasteiger partial charge in [-0.15, -0.1) is 0 Å². The number of para-hydroxylation sites is 1. The lowest BCUT2D eigenvalue weighted by molar-refractivity contribution is -0.383. The van der Waals surface area contributed by atoms with Crippen LogP contribution in [-0.4, -0.2) is 23.2 Å². The number of aliphatic hydroxyl groups excluding tert-OH is 1. The van der Waals surface area contributed by atoms with Crippen molar-refractivity contribution in [2.45, 2.75) is 12.8 Å². The van der Waals surface area contributed by atoms with E-state index in [1.54, 1.807) is 12.1 Å².